The molecule has 0 spiro atoms. The van der Waals surface area contributed by atoms with Crippen LogP contribution in [0.3, 0.4) is 0 Å². The Kier molecular flexibility index (Phi) is 10.1. The second-order valence-corrected chi connectivity index (χ2v) is 11.5. The number of hydrogen-bond donors (Lipinski definition) is 0. The van der Waals surface area contributed by atoms with Gasteiger partial charge in [0.25, 0.3) is 0 Å². The van der Waals surface area contributed by atoms with E-state index in [1.54, 1.807) is 25.5 Å². The molecule has 4 aromatic carbocycles. The van der Waals surface area contributed by atoms with Crippen LogP contribution in [-0.4, -0.2) is 21.6 Å². The summed E-state index contributed by atoms with van der Waals surface area (Å²) in [5.41, 5.74) is 6.93. The summed E-state index contributed by atoms with van der Waals surface area (Å²) in [6, 6.07) is 27.3. The Balaban J connectivity index is 0.00000451. The van der Waals surface area contributed by atoms with Gasteiger partial charge in [0.05, 0.1) is 17.4 Å². The van der Waals surface area contributed by atoms with E-state index >= 15 is 4.39 Å². The molecule has 10 heteroatoms. The number of halogens is 3. The second-order valence-electron chi connectivity index (χ2n) is 11.5. The summed E-state index contributed by atoms with van der Waals surface area (Å²) < 4.78 is 52.8. The molecule has 0 aliphatic rings. The Morgan fingerprint density at radius 3 is 1.98 bits per heavy atom. The van der Waals surface area contributed by atoms with Crippen LogP contribution in [0, 0.1) is 57.3 Å². The van der Waals surface area contributed by atoms with Crippen LogP contribution in [0.5, 0.6) is 11.5 Å². The minimum atomic E-state index is -1.69. The molecule has 2 heterocycles. The molecule has 0 radical (unpaired) electrons. The number of rotatable bonds is 8. The number of imidazole rings is 1. The van der Waals surface area contributed by atoms with Crippen molar-refractivity contribution in [1.29, 1.82) is 0 Å². The SMILES string of the molecule is Cc1ccc(N(c2cc(Oc3[c-]c(-c4nccn4C)c(F)c(F)c3F)[c-]c(N(C)c3ccccn3)c2)c2ccc(C)cc2C)c(C)c1.[Pd+2]. The molecular formula is C38H32F3N5OPd. The summed E-state index contributed by atoms with van der Waals surface area (Å²) in [5.74, 6) is -4.51. The normalized spacial score (nSPS) is 10.9. The van der Waals surface area contributed by atoms with E-state index in [4.69, 9.17) is 4.74 Å². The number of pyridine rings is 1. The van der Waals surface area contributed by atoms with Crippen molar-refractivity contribution in [2.45, 2.75) is 27.7 Å². The van der Waals surface area contributed by atoms with Crippen molar-refractivity contribution in [2.24, 2.45) is 7.05 Å². The maximum Gasteiger partial charge on any atom is 2.00 e. The average molecular weight is 738 g/mol. The van der Waals surface area contributed by atoms with Gasteiger partial charge in [-0.05, 0) is 63.1 Å². The van der Waals surface area contributed by atoms with E-state index < -0.39 is 23.2 Å². The minimum absolute atomic E-state index is 0. The Bertz CT molecular complexity index is 2050. The Morgan fingerprint density at radius 2 is 1.42 bits per heavy atom. The third kappa shape index (κ3) is 6.73. The monoisotopic (exact) mass is 737 g/mol. The quantitative estimate of drug-likeness (QED) is 0.0885. The maximum atomic E-state index is 15.3. The van der Waals surface area contributed by atoms with Crippen LogP contribution in [0.1, 0.15) is 22.3 Å². The standard InChI is InChI=1S/C38H32F3N5O.Pd/c1-23-10-12-31(25(3)17-23)46(32-13-11-24(2)18-26(32)4)28-19-27(45(6)34-9-7-8-14-42-34)20-29(21-28)47-33-22-30(35(39)37(41)36(33)40)38-43-15-16-44(38)5;/h7-19,21H,1-6H3;/q-2;+2. The Labute approximate surface area is 292 Å². The average Bonchev–Trinajstić information content (AvgIpc) is 3.48. The molecule has 0 atom stereocenters. The minimum Gasteiger partial charge on any atom is -0.500 e. The molecular weight excluding hydrogens is 706 g/mol. The first-order chi connectivity index (χ1) is 22.5. The van der Waals surface area contributed by atoms with Crippen LogP contribution >= 0.6 is 0 Å². The van der Waals surface area contributed by atoms with E-state index in [9.17, 15) is 8.78 Å². The molecule has 0 N–H and O–H groups in total. The van der Waals surface area contributed by atoms with Crippen LogP contribution in [0.25, 0.3) is 11.4 Å². The summed E-state index contributed by atoms with van der Waals surface area (Å²) in [6.45, 7) is 8.15. The number of aromatic nitrogens is 3. The van der Waals surface area contributed by atoms with Gasteiger partial charge in [-0.25, -0.2) is 9.37 Å². The smallest absolute Gasteiger partial charge is 0.500 e. The van der Waals surface area contributed by atoms with Crippen molar-refractivity contribution in [3.8, 4) is 22.9 Å². The van der Waals surface area contributed by atoms with Gasteiger partial charge < -0.3 is 19.1 Å². The number of nitrogens with zero attached hydrogens (tertiary/aromatic N) is 5. The number of benzene rings is 4. The topological polar surface area (TPSA) is 46.4 Å². The molecule has 6 aromatic rings. The van der Waals surface area contributed by atoms with E-state index in [2.05, 4.69) is 39.1 Å². The molecule has 6 nitrogen and oxygen atoms in total. The van der Waals surface area contributed by atoms with Crippen molar-refractivity contribution < 1.29 is 38.3 Å². The molecule has 2 aromatic heterocycles. The molecule has 0 aliphatic carbocycles. The molecule has 0 unspecified atom stereocenters. The first kappa shape index (κ1) is 34.4. The van der Waals surface area contributed by atoms with Crippen LogP contribution in [0.2, 0.25) is 0 Å². The van der Waals surface area contributed by atoms with Crippen molar-refractivity contribution in [2.75, 3.05) is 16.8 Å². The number of ether oxygens (including phenoxy) is 1. The van der Waals surface area contributed by atoms with Gasteiger partial charge >= 0.3 is 20.4 Å². The first-order valence-corrected chi connectivity index (χ1v) is 14.9. The van der Waals surface area contributed by atoms with E-state index in [0.29, 0.717) is 17.2 Å². The number of hydrogen-bond acceptors (Lipinski definition) is 5. The van der Waals surface area contributed by atoms with Gasteiger partial charge in [0, 0.05) is 49.8 Å². The fraction of sp³-hybridized carbons (Fsp3) is 0.158. The van der Waals surface area contributed by atoms with Crippen LogP contribution in [0.4, 0.5) is 41.7 Å². The summed E-state index contributed by atoms with van der Waals surface area (Å²) in [4.78, 5) is 12.5. The predicted octanol–water partition coefficient (Wildman–Crippen LogP) is 9.76. The first-order valence-electron chi connectivity index (χ1n) is 14.9. The molecule has 246 valence electrons. The van der Waals surface area contributed by atoms with Crippen molar-refractivity contribution in [1.82, 2.24) is 14.5 Å². The molecule has 0 saturated heterocycles. The van der Waals surface area contributed by atoms with Gasteiger partial charge in [-0.3, -0.25) is 13.8 Å². The summed E-state index contributed by atoms with van der Waals surface area (Å²) in [5, 5.41) is 0. The van der Waals surface area contributed by atoms with Gasteiger partial charge in [0.1, 0.15) is 17.5 Å². The van der Waals surface area contributed by atoms with Gasteiger partial charge in [0.15, 0.2) is 0 Å². The largest absolute Gasteiger partial charge is 2.00 e. The van der Waals surface area contributed by atoms with Crippen molar-refractivity contribution in [3.05, 3.63) is 137 Å². The third-order valence-corrected chi connectivity index (χ3v) is 7.91. The summed E-state index contributed by atoms with van der Waals surface area (Å²) in [6.07, 6.45) is 4.67. The van der Waals surface area contributed by atoms with Crippen LogP contribution in [-0.2, 0) is 27.5 Å². The molecule has 0 amide bonds. The van der Waals surface area contributed by atoms with E-state index in [0.717, 1.165) is 33.6 Å². The van der Waals surface area contributed by atoms with E-state index in [-0.39, 0.29) is 37.6 Å². The summed E-state index contributed by atoms with van der Waals surface area (Å²) in [7, 11) is 3.44. The van der Waals surface area contributed by atoms with Gasteiger partial charge in [-0.15, -0.1) is 18.2 Å². The predicted molar refractivity (Wildman–Crippen MR) is 179 cm³/mol. The van der Waals surface area contributed by atoms with E-state index in [1.165, 1.54) is 10.8 Å². The van der Waals surface area contributed by atoms with Gasteiger partial charge in [0.2, 0.25) is 0 Å². The number of aryl methyl sites for hydroxylation is 5. The molecule has 0 bridgehead atoms. The third-order valence-electron chi connectivity index (χ3n) is 7.91. The molecule has 48 heavy (non-hydrogen) atoms. The zero-order valence-corrected chi connectivity index (χ0v) is 28.7. The van der Waals surface area contributed by atoms with Gasteiger partial charge in [-0.1, -0.05) is 64.5 Å². The molecule has 0 fully saturated rings. The molecule has 0 aliphatic heterocycles. The number of anilines is 5. The van der Waals surface area contributed by atoms with Gasteiger partial charge in [-0.2, -0.15) is 0 Å². The van der Waals surface area contributed by atoms with Crippen molar-refractivity contribution >= 4 is 28.6 Å². The molecule has 6 rings (SSSR count). The summed E-state index contributed by atoms with van der Waals surface area (Å²) >= 11 is 0. The zero-order chi connectivity index (χ0) is 33.4. The Hall–Kier alpha value is -4.91. The maximum absolute atomic E-state index is 15.3. The van der Waals surface area contributed by atoms with Crippen molar-refractivity contribution in [3.63, 3.8) is 0 Å². The Morgan fingerprint density at radius 1 is 0.750 bits per heavy atom. The second kappa shape index (κ2) is 14.1. The van der Waals surface area contributed by atoms with E-state index in [1.807, 2.05) is 88.2 Å². The molecule has 0 saturated carbocycles. The zero-order valence-electron chi connectivity index (χ0n) is 27.2. The van der Waals surface area contributed by atoms with Crippen LogP contribution < -0.4 is 14.5 Å². The van der Waals surface area contributed by atoms with Crippen LogP contribution in [0.15, 0.2) is 85.3 Å². The fourth-order valence-electron chi connectivity index (χ4n) is 5.55. The fourth-order valence-corrected chi connectivity index (χ4v) is 5.55.